The predicted octanol–water partition coefficient (Wildman–Crippen LogP) is 2.89. The van der Waals surface area contributed by atoms with E-state index in [1.807, 2.05) is 25.2 Å². The lowest BCUT2D eigenvalue weighted by Gasteiger charge is -2.39. The highest BCUT2D eigenvalue weighted by Gasteiger charge is 2.26. The third kappa shape index (κ3) is 6.46. The quantitative estimate of drug-likeness (QED) is 0.556. The summed E-state index contributed by atoms with van der Waals surface area (Å²) in [6, 6.07) is 9.22. The molecule has 1 aliphatic heterocycles. The van der Waals surface area contributed by atoms with Gasteiger partial charge in [-0.15, -0.1) is 0 Å². The Bertz CT molecular complexity index is 703. The van der Waals surface area contributed by atoms with Crippen LogP contribution in [0.15, 0.2) is 29.3 Å². The molecule has 6 nitrogen and oxygen atoms in total. The van der Waals surface area contributed by atoms with Crippen molar-refractivity contribution in [1.82, 2.24) is 20.4 Å². The molecule has 1 saturated heterocycles. The van der Waals surface area contributed by atoms with Crippen LogP contribution in [0.4, 0.5) is 0 Å². The van der Waals surface area contributed by atoms with Crippen LogP contribution < -0.4 is 10.6 Å². The molecule has 2 aliphatic rings. The van der Waals surface area contributed by atoms with Crippen molar-refractivity contribution in [3.8, 4) is 0 Å². The number of carbonyl (C=O) groups excluding carboxylic acids is 1. The number of guanidine groups is 1. The average molecular weight is 414 g/mol. The van der Waals surface area contributed by atoms with Crippen molar-refractivity contribution >= 4 is 11.9 Å². The zero-order valence-electron chi connectivity index (χ0n) is 19.0. The number of hydrogen-bond acceptors (Lipinski definition) is 3. The number of nitrogens with zero attached hydrogens (tertiary/aromatic N) is 3. The van der Waals surface area contributed by atoms with Gasteiger partial charge in [0.15, 0.2) is 5.96 Å². The van der Waals surface area contributed by atoms with E-state index in [2.05, 4.69) is 26.6 Å². The van der Waals surface area contributed by atoms with Crippen molar-refractivity contribution < 1.29 is 4.79 Å². The van der Waals surface area contributed by atoms with E-state index in [0.717, 1.165) is 36.1 Å². The first kappa shape index (κ1) is 22.6. The van der Waals surface area contributed by atoms with Gasteiger partial charge in [-0.2, -0.15) is 0 Å². The van der Waals surface area contributed by atoms with Gasteiger partial charge < -0.3 is 20.4 Å². The van der Waals surface area contributed by atoms with Crippen LogP contribution in [0.1, 0.15) is 60.9 Å². The Hall–Kier alpha value is -2.08. The van der Waals surface area contributed by atoms with Gasteiger partial charge in [-0.3, -0.25) is 9.79 Å². The van der Waals surface area contributed by atoms with E-state index in [0.29, 0.717) is 6.04 Å². The molecule has 1 aromatic carbocycles. The highest BCUT2D eigenvalue weighted by Crippen LogP contribution is 2.25. The Morgan fingerprint density at radius 1 is 1.13 bits per heavy atom. The van der Waals surface area contributed by atoms with E-state index in [1.165, 1.54) is 58.0 Å². The number of rotatable bonds is 6. The van der Waals surface area contributed by atoms with Gasteiger partial charge in [0.2, 0.25) is 0 Å². The van der Waals surface area contributed by atoms with Crippen molar-refractivity contribution in [1.29, 1.82) is 0 Å². The third-order valence-electron chi connectivity index (χ3n) is 6.47. The second kappa shape index (κ2) is 11.3. The van der Waals surface area contributed by atoms with E-state index in [9.17, 15) is 4.79 Å². The number of aliphatic imine (C=N–C) groups is 1. The molecule has 3 rings (SSSR count). The van der Waals surface area contributed by atoms with E-state index in [4.69, 9.17) is 0 Å². The van der Waals surface area contributed by atoms with Crippen LogP contribution in [0.5, 0.6) is 0 Å². The fourth-order valence-electron chi connectivity index (χ4n) is 4.69. The van der Waals surface area contributed by atoms with E-state index < -0.39 is 0 Å². The minimum absolute atomic E-state index is 0.0434. The van der Waals surface area contributed by atoms with Gasteiger partial charge in [0, 0.05) is 58.4 Å². The summed E-state index contributed by atoms with van der Waals surface area (Å²) in [6.45, 7) is 3.19. The summed E-state index contributed by atoms with van der Waals surface area (Å²) in [5.41, 5.74) is 1.90. The normalized spacial score (nSPS) is 19.5. The third-order valence-corrected chi connectivity index (χ3v) is 6.47. The first-order valence-electron chi connectivity index (χ1n) is 11.6. The Balaban J connectivity index is 1.40. The molecule has 1 amide bonds. The summed E-state index contributed by atoms with van der Waals surface area (Å²) in [7, 11) is 5.40. The highest BCUT2D eigenvalue weighted by molar-refractivity contribution is 5.94. The van der Waals surface area contributed by atoms with Gasteiger partial charge in [0.25, 0.3) is 5.91 Å². The topological polar surface area (TPSA) is 60.0 Å². The van der Waals surface area contributed by atoms with Gasteiger partial charge in [-0.1, -0.05) is 31.4 Å². The van der Waals surface area contributed by atoms with Crippen LogP contribution in [0, 0.1) is 0 Å². The van der Waals surface area contributed by atoms with Gasteiger partial charge in [-0.05, 0) is 49.8 Å². The molecule has 1 aromatic rings. The maximum Gasteiger partial charge on any atom is 0.253 e. The number of benzene rings is 1. The van der Waals surface area contributed by atoms with E-state index in [-0.39, 0.29) is 5.91 Å². The molecule has 0 spiro atoms. The molecular formula is C24H39N5O. The summed E-state index contributed by atoms with van der Waals surface area (Å²) >= 11 is 0. The molecule has 0 bridgehead atoms. The second-order valence-electron chi connectivity index (χ2n) is 8.90. The predicted molar refractivity (Wildman–Crippen MR) is 124 cm³/mol. The summed E-state index contributed by atoms with van der Waals surface area (Å²) in [4.78, 5) is 20.9. The second-order valence-corrected chi connectivity index (χ2v) is 8.90. The minimum Gasteiger partial charge on any atom is -0.356 e. The van der Waals surface area contributed by atoms with Crippen LogP contribution >= 0.6 is 0 Å². The molecule has 30 heavy (non-hydrogen) atoms. The van der Waals surface area contributed by atoms with Crippen LogP contribution in [-0.2, 0) is 6.42 Å². The number of amides is 1. The molecule has 1 heterocycles. The zero-order chi connectivity index (χ0) is 21.3. The molecule has 1 saturated carbocycles. The average Bonchev–Trinajstić information content (AvgIpc) is 2.79. The Labute approximate surface area is 182 Å². The zero-order valence-corrected chi connectivity index (χ0v) is 19.0. The molecule has 166 valence electrons. The minimum atomic E-state index is 0.0434. The number of likely N-dealkylation sites (tertiary alicyclic amines) is 1. The lowest BCUT2D eigenvalue weighted by atomic mass is 9.92. The van der Waals surface area contributed by atoms with Crippen molar-refractivity contribution in [3.05, 3.63) is 35.4 Å². The molecule has 0 aromatic heterocycles. The first-order chi connectivity index (χ1) is 14.6. The molecule has 0 radical (unpaired) electrons. The molecular weight excluding hydrogens is 374 g/mol. The Morgan fingerprint density at radius 2 is 1.87 bits per heavy atom. The van der Waals surface area contributed by atoms with Crippen molar-refractivity contribution in [2.24, 2.45) is 4.99 Å². The Morgan fingerprint density at radius 3 is 2.53 bits per heavy atom. The van der Waals surface area contributed by atoms with Crippen LogP contribution in [0.3, 0.4) is 0 Å². The number of piperidine rings is 1. The van der Waals surface area contributed by atoms with Gasteiger partial charge in [0.1, 0.15) is 0 Å². The standard InChI is InChI=1S/C24H39N5O/c1-25-24(26-15-12-19-8-7-9-20(18-19)23(30)28(2)3)27-21-13-16-29(17-14-21)22-10-5-4-6-11-22/h7-9,18,21-22H,4-6,10-17H2,1-3H3,(H2,25,26,27). The van der Waals surface area contributed by atoms with E-state index >= 15 is 0 Å². The maximum absolute atomic E-state index is 12.1. The fraction of sp³-hybridized carbons (Fsp3) is 0.667. The molecule has 0 unspecified atom stereocenters. The summed E-state index contributed by atoms with van der Waals surface area (Å²) in [5, 5.41) is 7.05. The smallest absolute Gasteiger partial charge is 0.253 e. The molecule has 6 heteroatoms. The molecule has 1 aliphatic carbocycles. The monoisotopic (exact) mass is 413 g/mol. The lowest BCUT2D eigenvalue weighted by Crippen LogP contribution is -2.51. The highest BCUT2D eigenvalue weighted by atomic mass is 16.2. The number of carbonyl (C=O) groups is 1. The summed E-state index contributed by atoms with van der Waals surface area (Å²) in [5.74, 6) is 0.925. The van der Waals surface area contributed by atoms with Crippen LogP contribution in [0.2, 0.25) is 0 Å². The van der Waals surface area contributed by atoms with Gasteiger partial charge in [-0.25, -0.2) is 0 Å². The van der Waals surface area contributed by atoms with Gasteiger partial charge in [0.05, 0.1) is 0 Å². The lowest BCUT2D eigenvalue weighted by molar-refractivity contribution is 0.0827. The molecule has 2 N–H and O–H groups in total. The molecule has 0 atom stereocenters. The Kier molecular flexibility index (Phi) is 8.55. The van der Waals surface area contributed by atoms with Gasteiger partial charge >= 0.3 is 0 Å². The van der Waals surface area contributed by atoms with Crippen molar-refractivity contribution in [2.75, 3.05) is 40.8 Å². The maximum atomic E-state index is 12.1. The number of hydrogen-bond donors (Lipinski definition) is 2. The van der Waals surface area contributed by atoms with Crippen molar-refractivity contribution in [3.63, 3.8) is 0 Å². The number of nitrogens with one attached hydrogen (secondary N) is 2. The SMILES string of the molecule is CN=C(NCCc1cccc(C(=O)N(C)C)c1)NC1CCN(C2CCCCC2)CC1. The van der Waals surface area contributed by atoms with E-state index in [1.54, 1.807) is 19.0 Å². The fourth-order valence-corrected chi connectivity index (χ4v) is 4.69. The summed E-state index contributed by atoms with van der Waals surface area (Å²) < 4.78 is 0. The van der Waals surface area contributed by atoms with Crippen LogP contribution in [0.25, 0.3) is 0 Å². The van der Waals surface area contributed by atoms with Crippen molar-refractivity contribution in [2.45, 2.75) is 63.5 Å². The largest absolute Gasteiger partial charge is 0.356 e. The molecule has 2 fully saturated rings. The van der Waals surface area contributed by atoms with Crippen LogP contribution in [-0.4, -0.2) is 74.5 Å². The summed E-state index contributed by atoms with van der Waals surface area (Å²) in [6.07, 6.45) is 10.3. The first-order valence-corrected chi connectivity index (χ1v) is 11.6.